The number of methoxy groups -OCH3 is 1. The first-order valence-corrected chi connectivity index (χ1v) is 6.83. The summed E-state index contributed by atoms with van der Waals surface area (Å²) in [5, 5.41) is 3.40. The van der Waals surface area contributed by atoms with E-state index in [1.165, 1.54) is 11.1 Å². The van der Waals surface area contributed by atoms with Crippen LogP contribution in [0.3, 0.4) is 0 Å². The number of ether oxygens (including phenoxy) is 1. The van der Waals surface area contributed by atoms with Crippen molar-refractivity contribution in [3.8, 4) is 0 Å². The Bertz CT molecular complexity index is 343. The molecule has 0 aliphatic heterocycles. The maximum absolute atomic E-state index is 5.48. The Labute approximate surface area is 112 Å². The van der Waals surface area contributed by atoms with Crippen LogP contribution in [-0.2, 0) is 11.2 Å². The minimum absolute atomic E-state index is 0.0432. The minimum atomic E-state index is -0.0432. The van der Waals surface area contributed by atoms with Gasteiger partial charge in [-0.15, -0.1) is 0 Å². The van der Waals surface area contributed by atoms with Gasteiger partial charge in [0.05, 0.1) is 5.60 Å². The molecule has 1 aromatic carbocycles. The van der Waals surface area contributed by atoms with E-state index in [-0.39, 0.29) is 5.60 Å². The van der Waals surface area contributed by atoms with Gasteiger partial charge < -0.3 is 10.1 Å². The molecular weight excluding hydrogens is 222 g/mol. The molecule has 0 radical (unpaired) electrons. The van der Waals surface area contributed by atoms with E-state index in [4.69, 9.17) is 4.74 Å². The van der Waals surface area contributed by atoms with Crippen LogP contribution in [-0.4, -0.2) is 19.8 Å². The van der Waals surface area contributed by atoms with Crippen molar-refractivity contribution in [3.63, 3.8) is 0 Å². The normalized spacial score (nSPS) is 13.6. The van der Waals surface area contributed by atoms with E-state index in [1.54, 1.807) is 7.11 Å². The van der Waals surface area contributed by atoms with Crippen LogP contribution < -0.4 is 5.32 Å². The van der Waals surface area contributed by atoms with Gasteiger partial charge in [0.1, 0.15) is 0 Å². The summed E-state index contributed by atoms with van der Waals surface area (Å²) >= 11 is 0. The second kappa shape index (κ2) is 6.91. The third-order valence-corrected chi connectivity index (χ3v) is 3.73. The van der Waals surface area contributed by atoms with E-state index >= 15 is 0 Å². The predicted octanol–water partition coefficient (Wildman–Crippen LogP) is 3.71. The van der Waals surface area contributed by atoms with E-state index in [0.717, 1.165) is 19.3 Å². The molecule has 0 fully saturated rings. The summed E-state index contributed by atoms with van der Waals surface area (Å²) in [6.07, 6.45) is 3.23. The largest absolute Gasteiger partial charge is 0.379 e. The maximum atomic E-state index is 5.48. The Morgan fingerprint density at radius 3 is 2.28 bits per heavy atom. The molecule has 0 bridgehead atoms. The fraction of sp³-hybridized carbons (Fsp3) is 0.625. The fourth-order valence-electron chi connectivity index (χ4n) is 2.06. The van der Waals surface area contributed by atoms with Gasteiger partial charge in [0.2, 0.25) is 0 Å². The molecule has 1 aromatic rings. The lowest BCUT2D eigenvalue weighted by Gasteiger charge is -2.26. The highest BCUT2D eigenvalue weighted by molar-refractivity contribution is 5.25. The van der Waals surface area contributed by atoms with Gasteiger partial charge in [-0.1, -0.05) is 31.2 Å². The summed E-state index contributed by atoms with van der Waals surface area (Å²) in [5.74, 6) is 0. The van der Waals surface area contributed by atoms with Gasteiger partial charge >= 0.3 is 0 Å². The van der Waals surface area contributed by atoms with Gasteiger partial charge in [0, 0.05) is 13.2 Å². The molecule has 1 rings (SSSR count). The zero-order valence-corrected chi connectivity index (χ0v) is 12.4. The fourth-order valence-corrected chi connectivity index (χ4v) is 2.06. The van der Waals surface area contributed by atoms with Crippen LogP contribution in [0.2, 0.25) is 0 Å². The van der Waals surface area contributed by atoms with Crippen LogP contribution in [0, 0.1) is 0 Å². The van der Waals surface area contributed by atoms with Crippen LogP contribution in [0.4, 0.5) is 0 Å². The highest BCUT2D eigenvalue weighted by atomic mass is 16.5. The SMILES string of the molecule is CCc1ccc(C(CCC(C)(C)OC)NC)cc1. The van der Waals surface area contributed by atoms with E-state index < -0.39 is 0 Å². The predicted molar refractivity (Wildman–Crippen MR) is 77.9 cm³/mol. The molecule has 2 nitrogen and oxygen atoms in total. The molecule has 0 aromatic heterocycles. The number of rotatable bonds is 7. The van der Waals surface area contributed by atoms with Crippen LogP contribution in [0.1, 0.15) is 50.8 Å². The average molecular weight is 249 g/mol. The number of aryl methyl sites for hydroxylation is 1. The van der Waals surface area contributed by atoms with Crippen molar-refractivity contribution in [3.05, 3.63) is 35.4 Å². The van der Waals surface area contributed by atoms with E-state index in [2.05, 4.69) is 50.4 Å². The van der Waals surface area contributed by atoms with Gasteiger partial charge in [-0.3, -0.25) is 0 Å². The maximum Gasteiger partial charge on any atom is 0.0623 e. The van der Waals surface area contributed by atoms with Crippen LogP contribution in [0.5, 0.6) is 0 Å². The standard InChI is InChI=1S/C16H27NO/c1-6-13-7-9-14(10-8-13)15(17-4)11-12-16(2,3)18-5/h7-10,15,17H,6,11-12H2,1-5H3. The molecule has 0 heterocycles. The lowest BCUT2D eigenvalue weighted by molar-refractivity contribution is 0.0118. The molecule has 0 spiro atoms. The van der Waals surface area contributed by atoms with Crippen molar-refractivity contribution in [1.82, 2.24) is 5.32 Å². The Morgan fingerprint density at radius 2 is 1.83 bits per heavy atom. The van der Waals surface area contributed by atoms with Gasteiger partial charge in [-0.2, -0.15) is 0 Å². The second-order valence-corrected chi connectivity index (χ2v) is 5.44. The smallest absolute Gasteiger partial charge is 0.0623 e. The third-order valence-electron chi connectivity index (χ3n) is 3.73. The van der Waals surface area contributed by atoms with Crippen LogP contribution >= 0.6 is 0 Å². The molecule has 102 valence electrons. The van der Waals surface area contributed by atoms with Crippen molar-refractivity contribution in [2.24, 2.45) is 0 Å². The molecule has 1 atom stereocenters. The topological polar surface area (TPSA) is 21.3 Å². The molecule has 1 N–H and O–H groups in total. The second-order valence-electron chi connectivity index (χ2n) is 5.44. The molecule has 0 aliphatic rings. The van der Waals surface area contributed by atoms with Crippen LogP contribution in [0.25, 0.3) is 0 Å². The first kappa shape index (κ1) is 15.2. The number of hydrogen-bond donors (Lipinski definition) is 1. The van der Waals surface area contributed by atoms with Crippen molar-refractivity contribution in [1.29, 1.82) is 0 Å². The van der Waals surface area contributed by atoms with Gasteiger partial charge in [-0.05, 0) is 51.3 Å². The summed E-state index contributed by atoms with van der Waals surface area (Å²) in [6, 6.07) is 9.33. The number of nitrogens with one attached hydrogen (secondary N) is 1. The van der Waals surface area contributed by atoms with Gasteiger partial charge in [0.25, 0.3) is 0 Å². The molecule has 1 unspecified atom stereocenters. The van der Waals surface area contributed by atoms with Crippen molar-refractivity contribution < 1.29 is 4.74 Å². The molecule has 0 saturated heterocycles. The van der Waals surface area contributed by atoms with E-state index in [1.807, 2.05) is 7.05 Å². The summed E-state index contributed by atoms with van der Waals surface area (Å²) in [4.78, 5) is 0. The summed E-state index contributed by atoms with van der Waals surface area (Å²) in [5.41, 5.74) is 2.71. The molecule has 18 heavy (non-hydrogen) atoms. The number of hydrogen-bond acceptors (Lipinski definition) is 2. The van der Waals surface area contributed by atoms with Crippen molar-refractivity contribution in [2.45, 2.75) is 51.7 Å². The highest BCUT2D eigenvalue weighted by Gasteiger charge is 2.19. The van der Waals surface area contributed by atoms with Crippen molar-refractivity contribution >= 4 is 0 Å². The van der Waals surface area contributed by atoms with E-state index in [0.29, 0.717) is 6.04 Å². The Morgan fingerprint density at radius 1 is 1.22 bits per heavy atom. The van der Waals surface area contributed by atoms with Gasteiger partial charge in [-0.25, -0.2) is 0 Å². The lowest BCUT2D eigenvalue weighted by Crippen LogP contribution is -2.26. The van der Waals surface area contributed by atoms with Crippen molar-refractivity contribution in [2.75, 3.05) is 14.2 Å². The third kappa shape index (κ3) is 4.43. The zero-order chi connectivity index (χ0) is 13.6. The number of benzene rings is 1. The molecule has 0 saturated carbocycles. The zero-order valence-electron chi connectivity index (χ0n) is 12.4. The Balaban J connectivity index is 2.65. The summed E-state index contributed by atoms with van der Waals surface area (Å²) in [6.45, 7) is 6.46. The molecule has 2 heteroatoms. The van der Waals surface area contributed by atoms with E-state index in [9.17, 15) is 0 Å². The molecular formula is C16H27NO. The lowest BCUT2D eigenvalue weighted by atomic mass is 9.94. The molecule has 0 aliphatic carbocycles. The first-order chi connectivity index (χ1) is 8.52. The molecule has 0 amide bonds. The quantitative estimate of drug-likeness (QED) is 0.795. The van der Waals surface area contributed by atoms with Crippen LogP contribution in [0.15, 0.2) is 24.3 Å². The Kier molecular flexibility index (Phi) is 5.83. The average Bonchev–Trinajstić information content (AvgIpc) is 2.40. The van der Waals surface area contributed by atoms with Gasteiger partial charge in [0.15, 0.2) is 0 Å². The Hall–Kier alpha value is -0.860. The summed E-state index contributed by atoms with van der Waals surface area (Å²) in [7, 11) is 3.81. The monoisotopic (exact) mass is 249 g/mol. The minimum Gasteiger partial charge on any atom is -0.379 e. The first-order valence-electron chi connectivity index (χ1n) is 6.83. The summed E-state index contributed by atoms with van der Waals surface area (Å²) < 4.78 is 5.48. The highest BCUT2D eigenvalue weighted by Crippen LogP contribution is 2.24.